The Morgan fingerprint density at radius 1 is 1.26 bits per heavy atom. The SMILES string of the molecule is CNc1cc(-c2cn([C@H]3CCCOC3)c3ncccc23)nc2c(C(=O)N[C@H]3CC[C@H]3O)cnn12. The van der Waals surface area contributed by atoms with Gasteiger partial charge in [0.1, 0.15) is 17.0 Å². The normalized spacial score (nSPS) is 22.6. The molecule has 0 bridgehead atoms. The third-order valence-electron chi connectivity index (χ3n) is 6.92. The van der Waals surface area contributed by atoms with Crippen LogP contribution in [-0.2, 0) is 4.74 Å². The van der Waals surface area contributed by atoms with Gasteiger partial charge in [-0.2, -0.15) is 9.61 Å². The van der Waals surface area contributed by atoms with E-state index in [2.05, 4.69) is 31.5 Å². The maximum absolute atomic E-state index is 13.0. The van der Waals surface area contributed by atoms with Gasteiger partial charge in [0, 0.05) is 43.1 Å². The number of aliphatic hydroxyl groups is 1. The number of carbonyl (C=O) groups is 1. The minimum absolute atomic E-state index is 0.220. The Kier molecular flexibility index (Phi) is 5.19. The van der Waals surface area contributed by atoms with Crippen LogP contribution >= 0.6 is 0 Å². The minimum atomic E-state index is -0.496. The summed E-state index contributed by atoms with van der Waals surface area (Å²) >= 11 is 0. The molecule has 0 aromatic carbocycles. The van der Waals surface area contributed by atoms with Gasteiger partial charge >= 0.3 is 0 Å². The number of ether oxygens (including phenoxy) is 1. The summed E-state index contributed by atoms with van der Waals surface area (Å²) in [7, 11) is 1.81. The van der Waals surface area contributed by atoms with Crippen molar-refractivity contribution in [2.75, 3.05) is 25.6 Å². The number of rotatable bonds is 5. The molecule has 4 aromatic heterocycles. The average molecular weight is 462 g/mol. The fourth-order valence-electron chi connectivity index (χ4n) is 4.84. The summed E-state index contributed by atoms with van der Waals surface area (Å²) in [5.41, 5.74) is 3.39. The van der Waals surface area contributed by atoms with E-state index in [1.807, 2.05) is 25.2 Å². The molecule has 1 aliphatic carbocycles. The first kappa shape index (κ1) is 21.1. The molecule has 1 aliphatic heterocycles. The van der Waals surface area contributed by atoms with E-state index in [1.165, 1.54) is 6.20 Å². The van der Waals surface area contributed by atoms with Crippen molar-refractivity contribution in [2.45, 2.75) is 43.9 Å². The molecule has 4 aromatic rings. The molecule has 6 rings (SSSR count). The Morgan fingerprint density at radius 2 is 2.18 bits per heavy atom. The van der Waals surface area contributed by atoms with Gasteiger partial charge in [0.15, 0.2) is 5.65 Å². The zero-order valence-corrected chi connectivity index (χ0v) is 18.9. The van der Waals surface area contributed by atoms with E-state index in [0.717, 1.165) is 48.2 Å². The van der Waals surface area contributed by atoms with Crippen molar-refractivity contribution in [3.05, 3.63) is 42.4 Å². The first-order valence-electron chi connectivity index (χ1n) is 11.7. The first-order valence-corrected chi connectivity index (χ1v) is 11.7. The second-order valence-electron chi connectivity index (χ2n) is 8.99. The topological polar surface area (TPSA) is 119 Å². The molecular formula is C24H27N7O3. The van der Waals surface area contributed by atoms with E-state index in [4.69, 9.17) is 9.72 Å². The Labute approximate surface area is 196 Å². The molecule has 0 radical (unpaired) electrons. The second kappa shape index (κ2) is 8.37. The van der Waals surface area contributed by atoms with Crippen LogP contribution in [0, 0.1) is 0 Å². The van der Waals surface area contributed by atoms with Gasteiger partial charge in [-0.15, -0.1) is 0 Å². The molecule has 3 N–H and O–H groups in total. The van der Waals surface area contributed by atoms with Gasteiger partial charge in [0.25, 0.3) is 5.91 Å². The van der Waals surface area contributed by atoms with Crippen molar-refractivity contribution < 1.29 is 14.6 Å². The van der Waals surface area contributed by atoms with Crippen LogP contribution in [0.25, 0.3) is 27.9 Å². The van der Waals surface area contributed by atoms with Gasteiger partial charge < -0.3 is 25.0 Å². The largest absolute Gasteiger partial charge is 0.391 e. The van der Waals surface area contributed by atoms with Crippen LogP contribution < -0.4 is 10.6 Å². The fourth-order valence-corrected chi connectivity index (χ4v) is 4.84. The van der Waals surface area contributed by atoms with Crippen LogP contribution in [-0.4, -0.2) is 67.6 Å². The molecule has 176 valence electrons. The van der Waals surface area contributed by atoms with Crippen LogP contribution in [0.4, 0.5) is 5.82 Å². The lowest BCUT2D eigenvalue weighted by molar-refractivity contribution is 0.0448. The summed E-state index contributed by atoms with van der Waals surface area (Å²) in [6.07, 6.45) is 8.45. The van der Waals surface area contributed by atoms with Crippen molar-refractivity contribution >= 4 is 28.4 Å². The summed E-state index contributed by atoms with van der Waals surface area (Å²) in [6.45, 7) is 1.46. The van der Waals surface area contributed by atoms with E-state index >= 15 is 0 Å². The summed E-state index contributed by atoms with van der Waals surface area (Å²) in [5.74, 6) is 0.433. The summed E-state index contributed by atoms with van der Waals surface area (Å²) in [6, 6.07) is 5.90. The van der Waals surface area contributed by atoms with Crippen LogP contribution in [0.1, 0.15) is 42.1 Å². The van der Waals surface area contributed by atoms with E-state index in [0.29, 0.717) is 30.1 Å². The zero-order valence-electron chi connectivity index (χ0n) is 18.9. The van der Waals surface area contributed by atoms with Crippen LogP contribution in [0.15, 0.2) is 36.8 Å². The van der Waals surface area contributed by atoms with Gasteiger partial charge in [-0.05, 0) is 37.8 Å². The van der Waals surface area contributed by atoms with Gasteiger partial charge in [-0.25, -0.2) is 9.97 Å². The van der Waals surface area contributed by atoms with Gasteiger partial charge in [-0.3, -0.25) is 4.79 Å². The number of aliphatic hydroxyl groups excluding tert-OH is 1. The lowest BCUT2D eigenvalue weighted by Crippen LogP contribution is -2.50. The number of hydrogen-bond acceptors (Lipinski definition) is 7. The number of fused-ring (bicyclic) bond motifs is 2. The number of amides is 1. The quantitative estimate of drug-likeness (QED) is 0.418. The Hall–Kier alpha value is -3.50. The molecule has 1 saturated heterocycles. The Balaban J connectivity index is 1.46. The molecule has 3 atom stereocenters. The van der Waals surface area contributed by atoms with E-state index in [1.54, 1.807) is 10.7 Å². The molecule has 34 heavy (non-hydrogen) atoms. The smallest absolute Gasteiger partial charge is 0.257 e. The number of aromatic nitrogens is 5. The number of anilines is 1. The summed E-state index contributed by atoms with van der Waals surface area (Å²) < 4.78 is 9.55. The maximum Gasteiger partial charge on any atom is 0.257 e. The van der Waals surface area contributed by atoms with Crippen molar-refractivity contribution in [3.63, 3.8) is 0 Å². The Morgan fingerprint density at radius 3 is 2.91 bits per heavy atom. The lowest BCUT2D eigenvalue weighted by Gasteiger charge is -2.32. The molecular weight excluding hydrogens is 434 g/mol. The minimum Gasteiger partial charge on any atom is -0.391 e. The predicted octanol–water partition coefficient (Wildman–Crippen LogP) is 2.39. The highest BCUT2D eigenvalue weighted by atomic mass is 16.5. The molecule has 2 aliphatic rings. The maximum atomic E-state index is 13.0. The number of pyridine rings is 1. The lowest BCUT2D eigenvalue weighted by atomic mass is 9.89. The van der Waals surface area contributed by atoms with E-state index in [9.17, 15) is 9.90 Å². The Bertz CT molecular complexity index is 1370. The van der Waals surface area contributed by atoms with Crippen molar-refractivity contribution in [1.82, 2.24) is 29.5 Å². The average Bonchev–Trinajstić information content (AvgIpc) is 3.48. The molecule has 10 heteroatoms. The number of carbonyl (C=O) groups excluding carboxylic acids is 1. The summed E-state index contributed by atoms with van der Waals surface area (Å²) in [5, 5.41) is 21.3. The molecule has 0 spiro atoms. The number of nitrogens with one attached hydrogen (secondary N) is 2. The number of nitrogens with zero attached hydrogens (tertiary/aromatic N) is 5. The zero-order chi connectivity index (χ0) is 23.2. The molecule has 2 fully saturated rings. The monoisotopic (exact) mass is 461 g/mol. The molecule has 10 nitrogen and oxygen atoms in total. The second-order valence-corrected chi connectivity index (χ2v) is 8.99. The molecule has 1 saturated carbocycles. The van der Waals surface area contributed by atoms with Crippen molar-refractivity contribution in [1.29, 1.82) is 0 Å². The molecule has 5 heterocycles. The number of hydrogen-bond donors (Lipinski definition) is 3. The third-order valence-corrected chi connectivity index (χ3v) is 6.92. The van der Waals surface area contributed by atoms with E-state index in [-0.39, 0.29) is 18.0 Å². The molecule has 0 unspecified atom stereocenters. The van der Waals surface area contributed by atoms with Crippen molar-refractivity contribution in [2.24, 2.45) is 0 Å². The third kappa shape index (κ3) is 3.41. The predicted molar refractivity (Wildman–Crippen MR) is 127 cm³/mol. The van der Waals surface area contributed by atoms with Gasteiger partial charge in [-0.1, -0.05) is 0 Å². The highest BCUT2D eigenvalue weighted by Crippen LogP contribution is 2.34. The highest BCUT2D eigenvalue weighted by Gasteiger charge is 2.31. The first-order chi connectivity index (χ1) is 16.6. The van der Waals surface area contributed by atoms with Gasteiger partial charge in [0.05, 0.1) is 36.7 Å². The van der Waals surface area contributed by atoms with Gasteiger partial charge in [0.2, 0.25) is 0 Å². The van der Waals surface area contributed by atoms with Crippen LogP contribution in [0.5, 0.6) is 0 Å². The molecule has 1 amide bonds. The van der Waals surface area contributed by atoms with E-state index < -0.39 is 6.10 Å². The van der Waals surface area contributed by atoms with Crippen LogP contribution in [0.3, 0.4) is 0 Å². The van der Waals surface area contributed by atoms with Crippen LogP contribution in [0.2, 0.25) is 0 Å². The van der Waals surface area contributed by atoms with Crippen molar-refractivity contribution in [3.8, 4) is 11.3 Å². The standard InChI is InChI=1S/C24H27N7O3/c1-25-21-10-19(28-23-16(11-27-31(21)23)24(33)29-18-6-7-20(18)32)17-12-30(14-4-3-9-34-13-14)22-15(17)5-2-8-26-22/h2,5,8,10-12,14,18,20,25,32H,3-4,6-7,9,13H2,1H3,(H,29,33)/t14-,18-,20+/m0/s1. The highest BCUT2D eigenvalue weighted by molar-refractivity contribution is 6.01. The summed E-state index contributed by atoms with van der Waals surface area (Å²) in [4.78, 5) is 22.5. The fraction of sp³-hybridized carbons (Fsp3) is 0.417.